The molecule has 14 heavy (non-hydrogen) atoms. The molecule has 0 atom stereocenters. The fraction of sp³-hybridized carbons (Fsp3) is 0.222. The number of aromatic carboxylic acids is 1. The SMILES string of the molecule is C[SH](C)(=O)Nc1ccccc1C(=O)O. The Kier molecular flexibility index (Phi) is 2.90. The topological polar surface area (TPSA) is 66.4 Å². The molecule has 0 aliphatic carbocycles. The van der Waals surface area contributed by atoms with Crippen LogP contribution in [0.25, 0.3) is 0 Å². The van der Waals surface area contributed by atoms with Gasteiger partial charge in [0.1, 0.15) is 0 Å². The Morgan fingerprint density at radius 2 is 1.93 bits per heavy atom. The van der Waals surface area contributed by atoms with Gasteiger partial charge in [0.2, 0.25) is 0 Å². The van der Waals surface area contributed by atoms with Crippen molar-refractivity contribution in [1.29, 1.82) is 0 Å². The second kappa shape index (κ2) is 3.79. The van der Waals surface area contributed by atoms with E-state index in [1.165, 1.54) is 6.07 Å². The van der Waals surface area contributed by atoms with E-state index in [4.69, 9.17) is 5.11 Å². The molecule has 1 aromatic rings. The van der Waals surface area contributed by atoms with Crippen LogP contribution >= 0.6 is 0 Å². The monoisotopic (exact) mass is 215 g/mol. The Labute approximate surface area is 83.5 Å². The van der Waals surface area contributed by atoms with Gasteiger partial charge in [0.25, 0.3) is 0 Å². The number of carbonyl (C=O) groups is 1. The summed E-state index contributed by atoms with van der Waals surface area (Å²) in [6.07, 6.45) is 3.09. The molecule has 4 nitrogen and oxygen atoms in total. The van der Waals surface area contributed by atoms with Crippen molar-refractivity contribution in [1.82, 2.24) is 0 Å². The zero-order valence-electron chi connectivity index (χ0n) is 8.02. The zero-order chi connectivity index (χ0) is 10.8. The summed E-state index contributed by atoms with van der Waals surface area (Å²) >= 11 is 0. The van der Waals surface area contributed by atoms with Gasteiger partial charge in [0, 0.05) is 12.5 Å². The zero-order valence-corrected chi connectivity index (χ0v) is 8.91. The molecule has 0 bridgehead atoms. The molecular weight excluding hydrogens is 202 g/mol. The average Bonchev–Trinajstić information content (AvgIpc) is 2.01. The second-order valence-electron chi connectivity index (χ2n) is 3.31. The Hall–Kier alpha value is -1.36. The third-order valence-electron chi connectivity index (χ3n) is 1.55. The largest absolute Gasteiger partial charge is 0.478 e. The maximum Gasteiger partial charge on any atom is 0.337 e. The van der Waals surface area contributed by atoms with Crippen LogP contribution in [0.4, 0.5) is 5.69 Å². The molecule has 0 radical (unpaired) electrons. The van der Waals surface area contributed by atoms with Gasteiger partial charge >= 0.3 is 5.97 Å². The first-order chi connectivity index (χ1) is 6.40. The summed E-state index contributed by atoms with van der Waals surface area (Å²) in [6.45, 7) is 0. The Morgan fingerprint density at radius 1 is 1.36 bits per heavy atom. The van der Waals surface area contributed by atoms with Gasteiger partial charge in [0.15, 0.2) is 0 Å². The summed E-state index contributed by atoms with van der Waals surface area (Å²) in [7, 11) is -2.47. The van der Waals surface area contributed by atoms with E-state index in [0.717, 1.165) is 0 Å². The fourth-order valence-corrected chi connectivity index (χ4v) is 1.83. The van der Waals surface area contributed by atoms with Gasteiger partial charge in [-0.25, -0.2) is 4.79 Å². The van der Waals surface area contributed by atoms with Gasteiger partial charge in [-0.05, 0) is 22.3 Å². The Bertz CT molecular complexity index is 397. The number of carboxylic acids is 1. The van der Waals surface area contributed by atoms with Crippen molar-refractivity contribution in [3.63, 3.8) is 0 Å². The fourth-order valence-electron chi connectivity index (χ4n) is 1.06. The van der Waals surface area contributed by atoms with Crippen LogP contribution in [0.3, 0.4) is 0 Å². The minimum absolute atomic E-state index is 0.136. The van der Waals surface area contributed by atoms with Crippen LogP contribution in [-0.4, -0.2) is 27.8 Å². The van der Waals surface area contributed by atoms with E-state index in [1.54, 1.807) is 30.7 Å². The first kappa shape index (κ1) is 10.7. The van der Waals surface area contributed by atoms with Gasteiger partial charge in [-0.2, -0.15) is 0 Å². The number of carboxylic acid groups (broad SMARTS) is 1. The lowest BCUT2D eigenvalue weighted by atomic mass is 10.2. The molecule has 0 aliphatic heterocycles. The van der Waals surface area contributed by atoms with E-state index >= 15 is 0 Å². The maximum absolute atomic E-state index is 11.5. The molecule has 0 aromatic heterocycles. The number of para-hydroxylation sites is 1. The number of hydrogen-bond donors (Lipinski definition) is 3. The number of benzene rings is 1. The van der Waals surface area contributed by atoms with E-state index in [0.29, 0.717) is 5.69 Å². The number of hydrogen-bond acceptors (Lipinski definition) is 2. The summed E-state index contributed by atoms with van der Waals surface area (Å²) in [5.74, 6) is -1.03. The average molecular weight is 215 g/mol. The predicted molar refractivity (Wildman–Crippen MR) is 58.4 cm³/mol. The van der Waals surface area contributed by atoms with Gasteiger partial charge in [-0.3, -0.25) is 4.21 Å². The number of rotatable bonds is 3. The molecule has 78 valence electrons. The highest BCUT2D eigenvalue weighted by atomic mass is 32.3. The summed E-state index contributed by atoms with van der Waals surface area (Å²) in [6, 6.07) is 6.40. The molecule has 0 fully saturated rings. The summed E-state index contributed by atoms with van der Waals surface area (Å²) in [5.41, 5.74) is 0.532. The molecule has 0 unspecified atom stereocenters. The van der Waals surface area contributed by atoms with Gasteiger partial charge in [-0.15, -0.1) is 0 Å². The smallest absolute Gasteiger partial charge is 0.337 e. The highest BCUT2D eigenvalue weighted by molar-refractivity contribution is 8.02. The van der Waals surface area contributed by atoms with Crippen LogP contribution in [0, 0.1) is 0 Å². The van der Waals surface area contributed by atoms with E-state index in [2.05, 4.69) is 4.72 Å². The Balaban J connectivity index is 3.08. The van der Waals surface area contributed by atoms with Crippen molar-refractivity contribution < 1.29 is 14.1 Å². The molecule has 2 N–H and O–H groups in total. The number of nitrogens with one attached hydrogen (secondary N) is 1. The van der Waals surface area contributed by atoms with Crippen LogP contribution < -0.4 is 4.72 Å². The van der Waals surface area contributed by atoms with E-state index in [9.17, 15) is 9.00 Å². The van der Waals surface area contributed by atoms with E-state index in [1.807, 2.05) is 0 Å². The summed E-state index contributed by atoms with van der Waals surface area (Å²) in [4.78, 5) is 10.8. The summed E-state index contributed by atoms with van der Waals surface area (Å²) < 4.78 is 14.2. The number of thiol groups is 1. The third kappa shape index (κ3) is 2.85. The van der Waals surface area contributed by atoms with Crippen molar-refractivity contribution in [3.05, 3.63) is 29.8 Å². The minimum Gasteiger partial charge on any atom is -0.478 e. The lowest BCUT2D eigenvalue weighted by Gasteiger charge is -2.17. The van der Waals surface area contributed by atoms with Gasteiger partial charge in [0.05, 0.1) is 11.3 Å². The normalized spacial score (nSPS) is 12.1. The van der Waals surface area contributed by atoms with Crippen molar-refractivity contribution in [3.8, 4) is 0 Å². The van der Waals surface area contributed by atoms with E-state index in [-0.39, 0.29) is 5.56 Å². The first-order valence-electron chi connectivity index (χ1n) is 4.06. The van der Waals surface area contributed by atoms with Crippen LogP contribution in [0.1, 0.15) is 10.4 Å². The van der Waals surface area contributed by atoms with Crippen molar-refractivity contribution >= 4 is 21.8 Å². The van der Waals surface area contributed by atoms with Crippen LogP contribution in [0.5, 0.6) is 0 Å². The molecular formula is C9H13NO3S. The standard InChI is InChI=1S/C9H13NO3S/c1-14(2,13)10-8-6-4-3-5-7(8)9(11)12/h3-6,14H,1-2H3,(H,10,13)(H,11,12). The second-order valence-corrected chi connectivity index (χ2v) is 6.24. The summed E-state index contributed by atoms with van der Waals surface area (Å²) in [5, 5.41) is 8.83. The molecule has 0 amide bonds. The number of anilines is 1. The lowest BCUT2D eigenvalue weighted by Crippen LogP contribution is -2.19. The molecule has 0 saturated carbocycles. The molecule has 0 aliphatic rings. The van der Waals surface area contributed by atoms with Gasteiger partial charge < -0.3 is 9.83 Å². The first-order valence-corrected chi connectivity index (χ1v) is 6.66. The minimum atomic E-state index is -2.47. The van der Waals surface area contributed by atoms with Crippen LogP contribution in [0.2, 0.25) is 0 Å². The third-order valence-corrected chi connectivity index (χ3v) is 2.33. The van der Waals surface area contributed by atoms with Crippen LogP contribution in [-0.2, 0) is 10.1 Å². The molecule has 0 heterocycles. The van der Waals surface area contributed by atoms with Crippen molar-refractivity contribution in [2.24, 2.45) is 0 Å². The molecule has 0 saturated heterocycles. The molecule has 1 rings (SSSR count). The maximum atomic E-state index is 11.5. The van der Waals surface area contributed by atoms with Crippen LogP contribution in [0.15, 0.2) is 24.3 Å². The predicted octanol–water partition coefficient (Wildman–Crippen LogP) is 0.988. The molecule has 1 aromatic carbocycles. The molecule has 5 heteroatoms. The highest BCUT2D eigenvalue weighted by Crippen LogP contribution is 2.16. The van der Waals surface area contributed by atoms with Gasteiger partial charge in [-0.1, -0.05) is 12.1 Å². The van der Waals surface area contributed by atoms with Crippen molar-refractivity contribution in [2.75, 3.05) is 17.2 Å². The Morgan fingerprint density at radius 3 is 2.43 bits per heavy atom. The highest BCUT2D eigenvalue weighted by Gasteiger charge is 2.10. The van der Waals surface area contributed by atoms with Crippen molar-refractivity contribution in [2.45, 2.75) is 0 Å². The lowest BCUT2D eigenvalue weighted by molar-refractivity contribution is 0.0698. The molecule has 0 spiro atoms. The van der Waals surface area contributed by atoms with E-state index < -0.39 is 16.1 Å². The quantitative estimate of drug-likeness (QED) is 0.659.